The smallest absolute Gasteiger partial charge is 0.223 e. The molecule has 2 N–H and O–H groups in total. The standard InChI is InChI=1S/C15H17NO3S/c17-14(12-5-2-8-19-12)13-7-6-11(20-13)9-16-15(18)10-3-1-4-10/h2,5-8,10,14,17H,1,3-4,9H2,(H,16,18). The highest BCUT2D eigenvalue weighted by Crippen LogP contribution is 2.29. The summed E-state index contributed by atoms with van der Waals surface area (Å²) in [4.78, 5) is 13.6. The highest BCUT2D eigenvalue weighted by molar-refractivity contribution is 7.12. The Hall–Kier alpha value is -1.59. The van der Waals surface area contributed by atoms with Crippen LogP contribution < -0.4 is 5.32 Å². The zero-order valence-electron chi connectivity index (χ0n) is 11.0. The molecule has 2 aromatic heterocycles. The van der Waals surface area contributed by atoms with Crippen molar-refractivity contribution >= 4 is 17.2 Å². The summed E-state index contributed by atoms with van der Waals surface area (Å²) in [5, 5.41) is 13.1. The number of nitrogens with one attached hydrogen (secondary N) is 1. The monoisotopic (exact) mass is 291 g/mol. The molecule has 3 rings (SSSR count). The molecule has 0 radical (unpaired) electrons. The second-order valence-corrected chi connectivity index (χ2v) is 6.27. The van der Waals surface area contributed by atoms with Crippen LogP contribution in [-0.4, -0.2) is 11.0 Å². The molecule has 1 aliphatic carbocycles. The third-order valence-corrected chi connectivity index (χ3v) is 4.82. The minimum atomic E-state index is -0.730. The molecule has 0 aromatic carbocycles. The molecule has 0 saturated heterocycles. The quantitative estimate of drug-likeness (QED) is 0.890. The number of furan rings is 1. The first-order valence-electron chi connectivity index (χ1n) is 6.82. The first-order valence-corrected chi connectivity index (χ1v) is 7.63. The molecule has 1 saturated carbocycles. The zero-order valence-corrected chi connectivity index (χ0v) is 11.9. The number of carbonyl (C=O) groups is 1. The van der Waals surface area contributed by atoms with Crippen LogP contribution in [0.15, 0.2) is 34.9 Å². The maximum absolute atomic E-state index is 11.8. The summed E-state index contributed by atoms with van der Waals surface area (Å²) in [7, 11) is 0. The van der Waals surface area contributed by atoms with Gasteiger partial charge in [-0.2, -0.15) is 0 Å². The fourth-order valence-electron chi connectivity index (χ4n) is 2.21. The fraction of sp³-hybridized carbons (Fsp3) is 0.400. The molecule has 0 spiro atoms. The number of aliphatic hydroxyl groups is 1. The Labute approximate surface area is 121 Å². The summed E-state index contributed by atoms with van der Waals surface area (Å²) in [6.45, 7) is 0.533. The zero-order chi connectivity index (χ0) is 13.9. The first kappa shape index (κ1) is 13.4. The van der Waals surface area contributed by atoms with Crippen LogP contribution in [0.3, 0.4) is 0 Å². The van der Waals surface area contributed by atoms with Gasteiger partial charge in [-0.3, -0.25) is 4.79 Å². The van der Waals surface area contributed by atoms with Crippen molar-refractivity contribution < 1.29 is 14.3 Å². The molecule has 4 nitrogen and oxygen atoms in total. The third kappa shape index (κ3) is 2.78. The van der Waals surface area contributed by atoms with Gasteiger partial charge in [-0.05, 0) is 37.1 Å². The van der Waals surface area contributed by atoms with Crippen LogP contribution in [0.25, 0.3) is 0 Å². The van der Waals surface area contributed by atoms with E-state index in [1.54, 1.807) is 18.4 Å². The van der Waals surface area contributed by atoms with Crippen LogP contribution in [0, 0.1) is 5.92 Å². The van der Waals surface area contributed by atoms with E-state index in [0.29, 0.717) is 12.3 Å². The van der Waals surface area contributed by atoms with E-state index in [-0.39, 0.29) is 11.8 Å². The van der Waals surface area contributed by atoms with Crippen molar-refractivity contribution in [3.63, 3.8) is 0 Å². The van der Waals surface area contributed by atoms with E-state index in [1.807, 2.05) is 12.1 Å². The van der Waals surface area contributed by atoms with Crippen LogP contribution >= 0.6 is 11.3 Å². The minimum absolute atomic E-state index is 0.151. The molecule has 1 fully saturated rings. The molecule has 2 aromatic rings. The molecule has 5 heteroatoms. The van der Waals surface area contributed by atoms with E-state index >= 15 is 0 Å². The summed E-state index contributed by atoms with van der Waals surface area (Å²) in [6, 6.07) is 7.32. The summed E-state index contributed by atoms with van der Waals surface area (Å²) in [6.07, 6.45) is 4.01. The molecule has 1 aliphatic rings. The Morgan fingerprint density at radius 3 is 2.95 bits per heavy atom. The lowest BCUT2D eigenvalue weighted by molar-refractivity contribution is -0.127. The van der Waals surface area contributed by atoms with E-state index in [0.717, 1.165) is 29.0 Å². The van der Waals surface area contributed by atoms with Gasteiger partial charge in [-0.1, -0.05) is 6.42 Å². The van der Waals surface area contributed by atoms with Crippen molar-refractivity contribution in [3.8, 4) is 0 Å². The molecular weight excluding hydrogens is 274 g/mol. The van der Waals surface area contributed by atoms with Crippen LogP contribution in [-0.2, 0) is 11.3 Å². The van der Waals surface area contributed by atoms with Crippen LogP contribution in [0.5, 0.6) is 0 Å². The van der Waals surface area contributed by atoms with Gasteiger partial charge in [0.2, 0.25) is 5.91 Å². The largest absolute Gasteiger partial charge is 0.466 e. The van der Waals surface area contributed by atoms with E-state index < -0.39 is 6.10 Å². The fourth-order valence-corrected chi connectivity index (χ4v) is 3.16. The molecule has 1 atom stereocenters. The Morgan fingerprint density at radius 2 is 2.30 bits per heavy atom. The van der Waals surface area contributed by atoms with Gasteiger partial charge in [0.25, 0.3) is 0 Å². The van der Waals surface area contributed by atoms with Gasteiger partial charge >= 0.3 is 0 Å². The van der Waals surface area contributed by atoms with Crippen LogP contribution in [0.2, 0.25) is 0 Å². The molecule has 2 heterocycles. The maximum Gasteiger partial charge on any atom is 0.223 e. The van der Waals surface area contributed by atoms with Gasteiger partial charge in [0.1, 0.15) is 11.9 Å². The third-order valence-electron chi connectivity index (χ3n) is 3.68. The second-order valence-electron chi connectivity index (χ2n) is 5.07. The molecule has 0 bridgehead atoms. The highest BCUT2D eigenvalue weighted by Gasteiger charge is 2.25. The number of amides is 1. The average Bonchev–Trinajstić information content (AvgIpc) is 3.05. The van der Waals surface area contributed by atoms with Crippen molar-refractivity contribution in [2.75, 3.05) is 0 Å². The molecule has 1 amide bonds. The second kappa shape index (κ2) is 5.81. The van der Waals surface area contributed by atoms with E-state index in [2.05, 4.69) is 5.32 Å². The summed E-state index contributed by atoms with van der Waals surface area (Å²) < 4.78 is 5.20. The van der Waals surface area contributed by atoms with Crippen molar-refractivity contribution in [2.45, 2.75) is 31.9 Å². The lowest BCUT2D eigenvalue weighted by atomic mass is 9.85. The Morgan fingerprint density at radius 1 is 1.45 bits per heavy atom. The maximum atomic E-state index is 11.8. The highest BCUT2D eigenvalue weighted by atomic mass is 32.1. The molecule has 1 unspecified atom stereocenters. The number of aliphatic hydroxyl groups excluding tert-OH is 1. The number of hydrogen-bond donors (Lipinski definition) is 2. The van der Waals surface area contributed by atoms with E-state index in [1.165, 1.54) is 11.3 Å². The van der Waals surface area contributed by atoms with E-state index in [4.69, 9.17) is 4.42 Å². The molecule has 0 aliphatic heterocycles. The Bertz CT molecular complexity index is 572. The van der Waals surface area contributed by atoms with Gasteiger partial charge in [-0.25, -0.2) is 0 Å². The van der Waals surface area contributed by atoms with Gasteiger partial charge in [0, 0.05) is 15.7 Å². The minimum Gasteiger partial charge on any atom is -0.466 e. The summed E-state index contributed by atoms with van der Waals surface area (Å²) in [5.74, 6) is 0.901. The number of hydrogen-bond acceptors (Lipinski definition) is 4. The van der Waals surface area contributed by atoms with E-state index in [9.17, 15) is 9.90 Å². The summed E-state index contributed by atoms with van der Waals surface area (Å²) >= 11 is 1.49. The van der Waals surface area contributed by atoms with Crippen molar-refractivity contribution in [1.82, 2.24) is 5.32 Å². The Balaban J connectivity index is 1.57. The molecule has 106 valence electrons. The van der Waals surface area contributed by atoms with Gasteiger partial charge in [0.15, 0.2) is 0 Å². The van der Waals surface area contributed by atoms with Gasteiger partial charge in [-0.15, -0.1) is 11.3 Å². The normalized spacial score (nSPS) is 16.6. The molecular formula is C15H17NO3S. The number of thiophene rings is 1. The average molecular weight is 291 g/mol. The molecule has 20 heavy (non-hydrogen) atoms. The van der Waals surface area contributed by atoms with Gasteiger partial charge in [0.05, 0.1) is 12.8 Å². The number of rotatable bonds is 5. The van der Waals surface area contributed by atoms with Crippen molar-refractivity contribution in [3.05, 3.63) is 46.0 Å². The summed E-state index contributed by atoms with van der Waals surface area (Å²) in [5.41, 5.74) is 0. The topological polar surface area (TPSA) is 62.5 Å². The number of carbonyl (C=O) groups excluding carboxylic acids is 1. The Kier molecular flexibility index (Phi) is 3.89. The predicted molar refractivity (Wildman–Crippen MR) is 76.3 cm³/mol. The van der Waals surface area contributed by atoms with Crippen molar-refractivity contribution in [2.24, 2.45) is 5.92 Å². The van der Waals surface area contributed by atoms with Gasteiger partial charge < -0.3 is 14.8 Å². The SMILES string of the molecule is O=C(NCc1ccc(C(O)c2ccco2)s1)C1CCC1. The first-order chi connectivity index (χ1) is 9.74. The lowest BCUT2D eigenvalue weighted by Crippen LogP contribution is -2.33. The van der Waals surface area contributed by atoms with Crippen molar-refractivity contribution in [1.29, 1.82) is 0 Å². The van der Waals surface area contributed by atoms with Crippen LogP contribution in [0.4, 0.5) is 0 Å². The predicted octanol–water partition coefficient (Wildman–Crippen LogP) is 2.84. The van der Waals surface area contributed by atoms with Crippen LogP contribution in [0.1, 0.15) is 40.9 Å². The lowest BCUT2D eigenvalue weighted by Gasteiger charge is -2.23.